The molecular formula is C18H26F3NOS. The topological polar surface area (TPSA) is 12.5 Å². The summed E-state index contributed by atoms with van der Waals surface area (Å²) < 4.78 is 43.8. The average Bonchev–Trinajstić information content (AvgIpc) is 2.45. The Morgan fingerprint density at radius 2 is 1.92 bits per heavy atom. The highest BCUT2D eigenvalue weighted by atomic mass is 32.2. The fraction of sp³-hybridized carbons (Fsp3) is 0.667. The van der Waals surface area contributed by atoms with Gasteiger partial charge in [-0.1, -0.05) is 12.1 Å². The minimum absolute atomic E-state index is 0.0401. The predicted octanol–water partition coefficient (Wildman–Crippen LogP) is 5.29. The van der Waals surface area contributed by atoms with Crippen molar-refractivity contribution in [3.63, 3.8) is 0 Å². The highest BCUT2D eigenvalue weighted by Crippen LogP contribution is 2.40. The summed E-state index contributed by atoms with van der Waals surface area (Å²) in [5.74, 6) is 0.276. The average molecular weight is 361 g/mol. The van der Waals surface area contributed by atoms with E-state index in [-0.39, 0.29) is 40.8 Å². The number of alkyl halides is 3. The van der Waals surface area contributed by atoms with Crippen LogP contribution in [0.25, 0.3) is 0 Å². The van der Waals surface area contributed by atoms with Crippen molar-refractivity contribution in [2.24, 2.45) is 0 Å². The van der Waals surface area contributed by atoms with Gasteiger partial charge in [-0.25, -0.2) is 0 Å². The van der Waals surface area contributed by atoms with Crippen LogP contribution in [0.15, 0.2) is 29.2 Å². The molecule has 1 aromatic carbocycles. The fourth-order valence-corrected chi connectivity index (χ4v) is 4.05. The van der Waals surface area contributed by atoms with E-state index in [1.54, 1.807) is 12.1 Å². The molecule has 1 aliphatic carbocycles. The third-order valence-electron chi connectivity index (χ3n) is 4.43. The molecule has 1 aliphatic rings. The molecule has 3 atom stereocenters. The molecule has 1 aromatic rings. The summed E-state index contributed by atoms with van der Waals surface area (Å²) in [6, 6.07) is 7.18. The highest BCUT2D eigenvalue weighted by molar-refractivity contribution is 8.00. The summed E-state index contributed by atoms with van der Waals surface area (Å²) in [5, 5.41) is 0. The maximum absolute atomic E-state index is 12.6. The smallest absolute Gasteiger partial charge is 0.374 e. The number of likely N-dealkylation sites (N-methyl/N-ethyl adjacent to an activating group) is 1. The standard InChI is InChI=1S/C18H26F3NOS/c1-12(2)23-17-9-8-14(11-16(17)22(3)4)13-6-5-7-15(10-13)24-18(19,20)21/h5-7,10,12,14,16-17H,8-9,11H2,1-4H3/t14-,16-,17-/m0/s1. The van der Waals surface area contributed by atoms with Gasteiger partial charge in [0, 0.05) is 10.9 Å². The van der Waals surface area contributed by atoms with E-state index < -0.39 is 5.51 Å². The van der Waals surface area contributed by atoms with Crippen LogP contribution in [-0.4, -0.2) is 42.8 Å². The molecule has 2 rings (SSSR count). The highest BCUT2D eigenvalue weighted by Gasteiger charge is 2.34. The Labute approximate surface area is 146 Å². The van der Waals surface area contributed by atoms with Gasteiger partial charge in [0.05, 0.1) is 12.2 Å². The molecule has 24 heavy (non-hydrogen) atoms. The molecule has 136 valence electrons. The van der Waals surface area contributed by atoms with Gasteiger partial charge in [0.25, 0.3) is 0 Å². The van der Waals surface area contributed by atoms with Gasteiger partial charge in [0.1, 0.15) is 0 Å². The first-order valence-corrected chi connectivity index (χ1v) is 9.15. The van der Waals surface area contributed by atoms with Crippen molar-refractivity contribution in [1.82, 2.24) is 4.90 Å². The van der Waals surface area contributed by atoms with E-state index in [2.05, 4.69) is 4.90 Å². The van der Waals surface area contributed by atoms with Crippen molar-refractivity contribution >= 4 is 11.8 Å². The van der Waals surface area contributed by atoms with Crippen LogP contribution < -0.4 is 0 Å². The number of hydrogen-bond donors (Lipinski definition) is 0. The first kappa shape index (κ1) is 19.6. The van der Waals surface area contributed by atoms with Crippen molar-refractivity contribution in [3.05, 3.63) is 29.8 Å². The fourth-order valence-electron chi connectivity index (χ4n) is 3.44. The zero-order chi connectivity index (χ0) is 17.9. The summed E-state index contributed by atoms with van der Waals surface area (Å²) in [7, 11) is 4.08. The Balaban J connectivity index is 2.11. The summed E-state index contributed by atoms with van der Waals surface area (Å²) in [6.07, 6.45) is 3.15. The third kappa shape index (κ3) is 5.67. The van der Waals surface area contributed by atoms with Crippen LogP contribution in [0.2, 0.25) is 0 Å². The number of nitrogens with zero attached hydrogens (tertiary/aromatic N) is 1. The molecule has 0 spiro atoms. The molecule has 1 fully saturated rings. The Hall–Kier alpha value is -0.720. The molecule has 0 bridgehead atoms. The number of benzene rings is 1. The maximum atomic E-state index is 12.6. The normalized spacial score (nSPS) is 25.5. The largest absolute Gasteiger partial charge is 0.446 e. The monoisotopic (exact) mass is 361 g/mol. The van der Waals surface area contributed by atoms with Crippen molar-refractivity contribution < 1.29 is 17.9 Å². The lowest BCUT2D eigenvalue weighted by Gasteiger charge is -2.40. The Kier molecular flexibility index (Phi) is 6.62. The van der Waals surface area contributed by atoms with Crippen LogP contribution in [0.4, 0.5) is 13.2 Å². The van der Waals surface area contributed by atoms with Crippen molar-refractivity contribution in [3.8, 4) is 0 Å². The number of thioether (sulfide) groups is 1. The van der Waals surface area contributed by atoms with Crippen LogP contribution in [-0.2, 0) is 4.74 Å². The molecule has 0 unspecified atom stereocenters. The molecule has 0 aromatic heterocycles. The van der Waals surface area contributed by atoms with Gasteiger partial charge in [-0.3, -0.25) is 0 Å². The molecule has 2 nitrogen and oxygen atoms in total. The van der Waals surface area contributed by atoms with E-state index >= 15 is 0 Å². The minimum atomic E-state index is -4.24. The lowest BCUT2D eigenvalue weighted by atomic mass is 9.79. The van der Waals surface area contributed by atoms with Crippen molar-refractivity contribution in [1.29, 1.82) is 0 Å². The quantitative estimate of drug-likeness (QED) is 0.661. The van der Waals surface area contributed by atoms with E-state index in [0.29, 0.717) is 0 Å². The van der Waals surface area contributed by atoms with Gasteiger partial charge in [0.15, 0.2) is 0 Å². The molecule has 6 heteroatoms. The SMILES string of the molecule is CC(C)O[C@H]1CC[C@H](c2cccc(SC(F)(F)F)c2)C[C@@H]1N(C)C. The third-order valence-corrected chi connectivity index (χ3v) is 5.15. The van der Waals surface area contributed by atoms with Gasteiger partial charge >= 0.3 is 5.51 Å². The molecule has 0 radical (unpaired) electrons. The van der Waals surface area contributed by atoms with Gasteiger partial charge in [0.2, 0.25) is 0 Å². The molecule has 1 saturated carbocycles. The second-order valence-electron chi connectivity index (χ2n) is 6.88. The molecule has 0 aliphatic heterocycles. The van der Waals surface area contributed by atoms with Crippen LogP contribution in [0.3, 0.4) is 0 Å². The van der Waals surface area contributed by atoms with Gasteiger partial charge < -0.3 is 9.64 Å². The van der Waals surface area contributed by atoms with Crippen LogP contribution in [0.5, 0.6) is 0 Å². The zero-order valence-corrected chi connectivity index (χ0v) is 15.5. The van der Waals surface area contributed by atoms with E-state index in [1.165, 1.54) is 6.07 Å². The second kappa shape index (κ2) is 8.11. The molecule has 0 saturated heterocycles. The number of halogens is 3. The van der Waals surface area contributed by atoms with E-state index in [0.717, 1.165) is 24.8 Å². The minimum Gasteiger partial charge on any atom is -0.374 e. The summed E-state index contributed by atoms with van der Waals surface area (Å²) >= 11 is -0.0401. The second-order valence-corrected chi connectivity index (χ2v) is 8.02. The first-order valence-electron chi connectivity index (χ1n) is 8.33. The predicted molar refractivity (Wildman–Crippen MR) is 92.4 cm³/mol. The summed E-state index contributed by atoms with van der Waals surface area (Å²) in [5.41, 5.74) is -3.24. The molecular weight excluding hydrogens is 335 g/mol. The molecule has 0 amide bonds. The lowest BCUT2D eigenvalue weighted by Crippen LogP contribution is -2.45. The van der Waals surface area contributed by atoms with E-state index in [1.807, 2.05) is 34.0 Å². The van der Waals surface area contributed by atoms with Crippen LogP contribution >= 0.6 is 11.8 Å². The zero-order valence-electron chi connectivity index (χ0n) is 14.6. The Bertz CT molecular complexity index is 533. The number of rotatable bonds is 5. The van der Waals surface area contributed by atoms with E-state index in [4.69, 9.17) is 4.74 Å². The summed E-state index contributed by atoms with van der Waals surface area (Å²) in [4.78, 5) is 2.44. The van der Waals surface area contributed by atoms with Gasteiger partial charge in [-0.2, -0.15) is 13.2 Å². The Morgan fingerprint density at radius 1 is 1.21 bits per heavy atom. The van der Waals surface area contributed by atoms with Crippen LogP contribution in [0.1, 0.15) is 44.6 Å². The molecule has 0 heterocycles. The van der Waals surface area contributed by atoms with Crippen molar-refractivity contribution in [2.45, 2.75) is 67.7 Å². The van der Waals surface area contributed by atoms with E-state index in [9.17, 15) is 13.2 Å². The van der Waals surface area contributed by atoms with Crippen LogP contribution in [0, 0.1) is 0 Å². The van der Waals surface area contributed by atoms with Gasteiger partial charge in [-0.15, -0.1) is 0 Å². The number of ether oxygens (including phenoxy) is 1. The van der Waals surface area contributed by atoms with Gasteiger partial charge in [-0.05, 0) is 82.6 Å². The Morgan fingerprint density at radius 3 is 2.50 bits per heavy atom. The molecule has 0 N–H and O–H groups in total. The lowest BCUT2D eigenvalue weighted by molar-refractivity contribution is -0.0569. The first-order chi connectivity index (χ1) is 11.2. The maximum Gasteiger partial charge on any atom is 0.446 e. The van der Waals surface area contributed by atoms with Crippen molar-refractivity contribution in [2.75, 3.05) is 14.1 Å². The summed E-state index contributed by atoms with van der Waals surface area (Å²) in [6.45, 7) is 4.08. The number of hydrogen-bond acceptors (Lipinski definition) is 3.